The largest absolute Gasteiger partial charge is 0.326 e. The number of likely N-dealkylation sites (N-methyl/N-ethyl adjacent to an activating group) is 1. The number of carbonyl (C=O) groups excluding carboxylic acids is 1. The van der Waals surface area contributed by atoms with Crippen molar-refractivity contribution in [3.8, 4) is 0 Å². The van der Waals surface area contributed by atoms with E-state index in [1.165, 1.54) is 11.0 Å². The van der Waals surface area contributed by atoms with Crippen molar-refractivity contribution in [2.24, 2.45) is 5.73 Å². The predicted octanol–water partition coefficient (Wildman–Crippen LogP) is 2.63. The van der Waals surface area contributed by atoms with Crippen molar-refractivity contribution in [3.63, 3.8) is 0 Å². The van der Waals surface area contributed by atoms with Crippen LogP contribution in [0.15, 0.2) is 42.5 Å². The molecular weight excluding hydrogens is 274 g/mol. The van der Waals surface area contributed by atoms with E-state index in [9.17, 15) is 13.6 Å². The van der Waals surface area contributed by atoms with Crippen molar-refractivity contribution in [1.82, 2.24) is 0 Å². The average molecular weight is 290 g/mol. The minimum absolute atomic E-state index is 0.223. The molecule has 0 heterocycles. The van der Waals surface area contributed by atoms with E-state index in [4.69, 9.17) is 5.73 Å². The van der Waals surface area contributed by atoms with Gasteiger partial charge in [-0.15, -0.1) is 0 Å². The minimum atomic E-state index is -0.719. The topological polar surface area (TPSA) is 46.3 Å². The number of hydrogen-bond donors (Lipinski definition) is 1. The quantitative estimate of drug-likeness (QED) is 0.941. The molecule has 3 nitrogen and oxygen atoms in total. The number of benzene rings is 2. The Balaban J connectivity index is 2.24. The van der Waals surface area contributed by atoms with E-state index < -0.39 is 17.5 Å². The van der Waals surface area contributed by atoms with Crippen molar-refractivity contribution in [2.45, 2.75) is 13.0 Å². The van der Waals surface area contributed by atoms with E-state index in [1.807, 2.05) is 12.1 Å². The number of halogens is 2. The standard InChI is InChI=1S/C16H16F2N2O/c1-20(15-8-3-2-5-11(15)10-19)16(21)9-12-13(17)6-4-7-14(12)18/h2-8H,9-10,19H2,1H3. The first kappa shape index (κ1) is 15.1. The molecule has 0 saturated carbocycles. The summed E-state index contributed by atoms with van der Waals surface area (Å²) in [7, 11) is 1.57. The molecule has 0 aliphatic heterocycles. The molecule has 0 atom stereocenters. The van der Waals surface area contributed by atoms with Crippen LogP contribution in [0.2, 0.25) is 0 Å². The number of nitrogens with two attached hydrogens (primary N) is 1. The van der Waals surface area contributed by atoms with Crippen LogP contribution in [0.25, 0.3) is 0 Å². The highest BCUT2D eigenvalue weighted by molar-refractivity contribution is 5.95. The molecule has 2 aromatic rings. The number of hydrogen-bond acceptors (Lipinski definition) is 2. The smallest absolute Gasteiger partial charge is 0.231 e. The highest BCUT2D eigenvalue weighted by Gasteiger charge is 2.18. The predicted molar refractivity (Wildman–Crippen MR) is 77.8 cm³/mol. The minimum Gasteiger partial charge on any atom is -0.326 e. The van der Waals surface area contributed by atoms with Gasteiger partial charge in [0.1, 0.15) is 11.6 Å². The van der Waals surface area contributed by atoms with Crippen LogP contribution in [-0.2, 0) is 17.8 Å². The first-order valence-corrected chi connectivity index (χ1v) is 6.52. The average Bonchev–Trinajstić information content (AvgIpc) is 2.50. The monoisotopic (exact) mass is 290 g/mol. The summed E-state index contributed by atoms with van der Waals surface area (Å²) in [6.07, 6.45) is -0.339. The molecule has 21 heavy (non-hydrogen) atoms. The number of anilines is 1. The van der Waals surface area contributed by atoms with Crippen LogP contribution in [0.1, 0.15) is 11.1 Å². The molecule has 0 bridgehead atoms. The summed E-state index contributed by atoms with van der Waals surface area (Å²) in [5, 5.41) is 0. The number of amides is 1. The Hall–Kier alpha value is -2.27. The normalized spacial score (nSPS) is 10.5. The van der Waals surface area contributed by atoms with Gasteiger partial charge in [-0.05, 0) is 23.8 Å². The van der Waals surface area contributed by atoms with E-state index in [1.54, 1.807) is 19.2 Å². The summed E-state index contributed by atoms with van der Waals surface area (Å²) in [5.41, 5.74) is 6.84. The first-order chi connectivity index (χ1) is 10.0. The second-order valence-electron chi connectivity index (χ2n) is 4.66. The SMILES string of the molecule is CN(C(=O)Cc1c(F)cccc1F)c1ccccc1CN. The number of rotatable bonds is 4. The zero-order valence-electron chi connectivity index (χ0n) is 11.6. The highest BCUT2D eigenvalue weighted by Crippen LogP contribution is 2.20. The van der Waals surface area contributed by atoms with Crippen molar-refractivity contribution in [2.75, 3.05) is 11.9 Å². The fourth-order valence-electron chi connectivity index (χ4n) is 2.12. The molecule has 2 rings (SSSR count). The lowest BCUT2D eigenvalue weighted by Gasteiger charge is -2.20. The third-order valence-electron chi connectivity index (χ3n) is 3.34. The Kier molecular flexibility index (Phi) is 4.65. The second kappa shape index (κ2) is 6.45. The maximum atomic E-state index is 13.6. The zero-order chi connectivity index (χ0) is 15.4. The van der Waals surface area contributed by atoms with Gasteiger partial charge in [-0.1, -0.05) is 24.3 Å². The molecule has 0 spiro atoms. The van der Waals surface area contributed by atoms with Crippen LogP contribution in [0.4, 0.5) is 14.5 Å². The van der Waals surface area contributed by atoms with Gasteiger partial charge >= 0.3 is 0 Å². The maximum Gasteiger partial charge on any atom is 0.231 e. The van der Waals surface area contributed by atoms with Crippen LogP contribution in [-0.4, -0.2) is 13.0 Å². The van der Waals surface area contributed by atoms with Gasteiger partial charge in [-0.3, -0.25) is 4.79 Å². The van der Waals surface area contributed by atoms with E-state index in [-0.39, 0.29) is 18.5 Å². The van der Waals surface area contributed by atoms with Gasteiger partial charge in [0.25, 0.3) is 0 Å². The molecule has 1 amide bonds. The summed E-state index contributed by atoms with van der Waals surface area (Å²) in [6, 6.07) is 10.7. The molecule has 0 fully saturated rings. The molecule has 2 N–H and O–H groups in total. The van der Waals surface area contributed by atoms with Gasteiger partial charge in [0.15, 0.2) is 0 Å². The van der Waals surface area contributed by atoms with E-state index in [2.05, 4.69) is 0 Å². The van der Waals surface area contributed by atoms with Gasteiger partial charge in [0.05, 0.1) is 6.42 Å². The van der Waals surface area contributed by atoms with Crippen LogP contribution in [0, 0.1) is 11.6 Å². The van der Waals surface area contributed by atoms with Crippen molar-refractivity contribution in [3.05, 3.63) is 65.2 Å². The van der Waals surface area contributed by atoms with Crippen molar-refractivity contribution < 1.29 is 13.6 Å². The lowest BCUT2D eigenvalue weighted by atomic mass is 10.1. The summed E-state index contributed by atoms with van der Waals surface area (Å²) >= 11 is 0. The summed E-state index contributed by atoms with van der Waals surface area (Å²) in [4.78, 5) is 13.6. The molecule has 110 valence electrons. The van der Waals surface area contributed by atoms with Gasteiger partial charge in [0.2, 0.25) is 5.91 Å². The third kappa shape index (κ3) is 3.25. The summed E-state index contributed by atoms with van der Waals surface area (Å²) < 4.78 is 27.2. The molecule has 0 saturated heterocycles. The fraction of sp³-hybridized carbons (Fsp3) is 0.188. The van der Waals surface area contributed by atoms with E-state index in [0.29, 0.717) is 5.69 Å². The Bertz CT molecular complexity index is 638. The van der Waals surface area contributed by atoms with Gasteiger partial charge in [-0.2, -0.15) is 0 Å². The Labute approximate surface area is 122 Å². The number of carbonyl (C=O) groups is 1. The molecule has 5 heteroatoms. The molecule has 0 aliphatic carbocycles. The fourth-order valence-corrected chi connectivity index (χ4v) is 2.12. The van der Waals surface area contributed by atoms with Gasteiger partial charge in [-0.25, -0.2) is 8.78 Å². The zero-order valence-corrected chi connectivity index (χ0v) is 11.6. The molecule has 2 aromatic carbocycles. The summed E-state index contributed by atoms with van der Waals surface area (Å²) in [6.45, 7) is 0.280. The molecule has 0 aliphatic rings. The number of nitrogens with zero attached hydrogens (tertiary/aromatic N) is 1. The Morgan fingerprint density at radius 3 is 2.33 bits per heavy atom. The van der Waals surface area contributed by atoms with Crippen molar-refractivity contribution >= 4 is 11.6 Å². The first-order valence-electron chi connectivity index (χ1n) is 6.52. The van der Waals surface area contributed by atoms with Crippen LogP contribution < -0.4 is 10.6 Å². The second-order valence-corrected chi connectivity index (χ2v) is 4.66. The lowest BCUT2D eigenvalue weighted by Crippen LogP contribution is -2.29. The molecule has 0 radical (unpaired) electrons. The number of para-hydroxylation sites is 1. The van der Waals surface area contributed by atoms with Crippen LogP contribution in [0.5, 0.6) is 0 Å². The van der Waals surface area contributed by atoms with Gasteiger partial charge < -0.3 is 10.6 Å². The Morgan fingerprint density at radius 1 is 1.10 bits per heavy atom. The Morgan fingerprint density at radius 2 is 1.71 bits per heavy atom. The van der Waals surface area contributed by atoms with Crippen LogP contribution >= 0.6 is 0 Å². The van der Waals surface area contributed by atoms with E-state index >= 15 is 0 Å². The van der Waals surface area contributed by atoms with E-state index in [0.717, 1.165) is 17.7 Å². The third-order valence-corrected chi connectivity index (χ3v) is 3.34. The highest BCUT2D eigenvalue weighted by atomic mass is 19.1. The molecule has 0 unspecified atom stereocenters. The van der Waals surface area contributed by atoms with Crippen molar-refractivity contribution in [1.29, 1.82) is 0 Å². The summed E-state index contributed by atoms with van der Waals surface area (Å²) in [5.74, 6) is -1.84. The van der Waals surface area contributed by atoms with Gasteiger partial charge in [0, 0.05) is 24.8 Å². The van der Waals surface area contributed by atoms with Crippen LogP contribution in [0.3, 0.4) is 0 Å². The molecule has 0 aromatic heterocycles. The molecular formula is C16H16F2N2O. The lowest BCUT2D eigenvalue weighted by molar-refractivity contribution is -0.117. The maximum absolute atomic E-state index is 13.6.